The number of benzene rings is 2. The van der Waals surface area contributed by atoms with Gasteiger partial charge in [0.2, 0.25) is 17.7 Å². The lowest BCUT2D eigenvalue weighted by molar-refractivity contribution is -0.119. The van der Waals surface area contributed by atoms with Crippen molar-refractivity contribution in [1.82, 2.24) is 25.5 Å². The van der Waals surface area contributed by atoms with E-state index in [1.54, 1.807) is 14.2 Å². The second-order valence-corrected chi connectivity index (χ2v) is 14.7. The van der Waals surface area contributed by atoms with Crippen LogP contribution in [-0.4, -0.2) is 60.7 Å². The molecule has 8 rings (SSSR count). The van der Waals surface area contributed by atoms with Gasteiger partial charge >= 0.3 is 0 Å². The summed E-state index contributed by atoms with van der Waals surface area (Å²) in [5, 5.41) is 7.86. The predicted octanol–water partition coefficient (Wildman–Crippen LogP) is 7.60. The number of halogens is 2. The highest BCUT2D eigenvalue weighted by Crippen LogP contribution is 2.47. The van der Waals surface area contributed by atoms with E-state index in [0.29, 0.717) is 34.3 Å². The van der Waals surface area contributed by atoms with Crippen LogP contribution in [0.1, 0.15) is 66.9 Å². The Kier molecular flexibility index (Phi) is 8.77. The first-order valence-electron chi connectivity index (χ1n) is 17.3. The molecule has 4 aromatic rings. The summed E-state index contributed by atoms with van der Waals surface area (Å²) in [6.07, 6.45) is 5.37. The van der Waals surface area contributed by atoms with Crippen LogP contribution in [0.3, 0.4) is 0 Å². The minimum absolute atomic E-state index is 0.115. The molecule has 0 unspecified atom stereocenters. The molecule has 2 fully saturated rings. The Morgan fingerprint density at radius 3 is 1.96 bits per heavy atom. The van der Waals surface area contributed by atoms with Crippen LogP contribution in [0.2, 0.25) is 10.0 Å². The van der Waals surface area contributed by atoms with E-state index in [2.05, 4.69) is 34.6 Å². The molecule has 0 spiro atoms. The smallest absolute Gasteiger partial charge is 0.220 e. The van der Waals surface area contributed by atoms with Gasteiger partial charge in [0.05, 0.1) is 35.7 Å². The van der Waals surface area contributed by atoms with Gasteiger partial charge in [0.15, 0.2) is 0 Å². The van der Waals surface area contributed by atoms with E-state index in [4.69, 9.17) is 42.6 Å². The fourth-order valence-corrected chi connectivity index (χ4v) is 8.99. The van der Waals surface area contributed by atoms with Crippen molar-refractivity contribution in [2.45, 2.75) is 63.6 Å². The van der Waals surface area contributed by atoms with Crippen molar-refractivity contribution in [2.75, 3.05) is 33.9 Å². The van der Waals surface area contributed by atoms with Gasteiger partial charge in [-0.05, 0) is 61.3 Å². The SMILES string of the molecule is COc1nc(-c2cccc(-c3cccc(-c4cc5c(c(OC)n4)[C@H](N4CC(C)C4)CC5)c3Cl)c2Cl)cc2c1[C@@H](NC[C@@H]1CCC(=O)N1)CC2. The van der Waals surface area contributed by atoms with Crippen LogP contribution in [-0.2, 0) is 17.6 Å². The number of nitrogens with zero attached hydrogens (tertiary/aromatic N) is 3. The van der Waals surface area contributed by atoms with Crippen molar-refractivity contribution in [1.29, 1.82) is 0 Å². The van der Waals surface area contributed by atoms with Crippen LogP contribution in [0.4, 0.5) is 0 Å². The average Bonchev–Trinajstić information content (AvgIpc) is 3.83. The van der Waals surface area contributed by atoms with Gasteiger partial charge in [-0.15, -0.1) is 0 Å². The standard InChI is InChI=1S/C39H41Cl2N5O3/c1-21-19-46(20-21)32-14-11-23-17-31(45-39(49-3)35(23)32)28-9-5-7-26(37(28)41)25-6-4-8-27(36(25)40)30-16-22-10-13-29(34(22)38(44-30)48-2)42-18-24-12-15-33(47)43-24/h4-9,16-17,21,24,29,32,42H,10-15,18-20H2,1-3H3,(H,43,47)/t24-,29-,32+/m0/s1. The maximum Gasteiger partial charge on any atom is 0.220 e. The molecule has 4 heterocycles. The minimum atomic E-state index is 0.115. The summed E-state index contributed by atoms with van der Waals surface area (Å²) in [6, 6.07) is 17.0. The number of aromatic nitrogens is 2. The second-order valence-electron chi connectivity index (χ2n) is 13.9. The summed E-state index contributed by atoms with van der Waals surface area (Å²) < 4.78 is 11.7. The summed E-state index contributed by atoms with van der Waals surface area (Å²) in [5.41, 5.74) is 9.66. The number of carbonyl (C=O) groups is 1. The molecule has 2 aromatic heterocycles. The molecule has 4 aliphatic rings. The third-order valence-electron chi connectivity index (χ3n) is 10.7. The van der Waals surface area contributed by atoms with E-state index in [9.17, 15) is 4.79 Å². The molecule has 2 N–H and O–H groups in total. The van der Waals surface area contributed by atoms with Crippen molar-refractivity contribution >= 4 is 29.1 Å². The van der Waals surface area contributed by atoms with E-state index in [1.165, 1.54) is 16.7 Å². The van der Waals surface area contributed by atoms with Gasteiger partial charge in [0.25, 0.3) is 0 Å². The molecule has 3 atom stereocenters. The summed E-state index contributed by atoms with van der Waals surface area (Å²) in [7, 11) is 3.37. The predicted molar refractivity (Wildman–Crippen MR) is 193 cm³/mol. The summed E-state index contributed by atoms with van der Waals surface area (Å²) >= 11 is 14.5. The van der Waals surface area contributed by atoms with Gasteiger partial charge < -0.3 is 20.1 Å². The maximum atomic E-state index is 11.7. The number of fused-ring (bicyclic) bond motifs is 2. The molecule has 2 saturated heterocycles. The molecule has 0 radical (unpaired) electrons. The number of hydrogen-bond donors (Lipinski definition) is 2. The number of methoxy groups -OCH3 is 2. The van der Waals surface area contributed by atoms with Crippen LogP contribution in [0, 0.1) is 5.92 Å². The first-order valence-corrected chi connectivity index (χ1v) is 18.1. The fourth-order valence-electron chi connectivity index (χ4n) is 8.34. The molecule has 10 heteroatoms. The van der Waals surface area contributed by atoms with E-state index >= 15 is 0 Å². The maximum absolute atomic E-state index is 11.7. The summed E-state index contributed by atoms with van der Waals surface area (Å²) in [4.78, 5) is 24.2. The van der Waals surface area contributed by atoms with Crippen LogP contribution >= 0.6 is 23.2 Å². The quantitative estimate of drug-likeness (QED) is 0.186. The Morgan fingerprint density at radius 2 is 1.39 bits per heavy atom. The zero-order valence-corrected chi connectivity index (χ0v) is 29.6. The number of likely N-dealkylation sites (tertiary alicyclic amines) is 1. The first kappa shape index (κ1) is 32.5. The van der Waals surface area contributed by atoms with Gasteiger partial charge in [-0.3, -0.25) is 9.69 Å². The number of aryl methyl sites for hydroxylation is 2. The van der Waals surface area contributed by atoms with Gasteiger partial charge in [-0.1, -0.05) is 66.5 Å². The molecule has 2 aliphatic heterocycles. The molecule has 49 heavy (non-hydrogen) atoms. The lowest BCUT2D eigenvalue weighted by Crippen LogP contribution is -2.46. The van der Waals surface area contributed by atoms with Crippen molar-refractivity contribution in [3.05, 3.63) is 80.8 Å². The zero-order valence-electron chi connectivity index (χ0n) is 28.1. The Hall–Kier alpha value is -3.69. The lowest BCUT2D eigenvalue weighted by Gasteiger charge is -2.42. The lowest BCUT2D eigenvalue weighted by atomic mass is 9.96. The molecular weight excluding hydrogens is 657 g/mol. The number of ether oxygens (including phenoxy) is 2. The molecule has 1 amide bonds. The van der Waals surface area contributed by atoms with Crippen molar-refractivity contribution in [3.63, 3.8) is 0 Å². The molecule has 254 valence electrons. The minimum Gasteiger partial charge on any atom is -0.481 e. The summed E-state index contributed by atoms with van der Waals surface area (Å²) in [5.74, 6) is 2.15. The monoisotopic (exact) mass is 697 g/mol. The fraction of sp³-hybridized carbons (Fsp3) is 0.410. The van der Waals surface area contributed by atoms with Crippen molar-refractivity contribution in [3.8, 4) is 45.4 Å². The van der Waals surface area contributed by atoms with Gasteiger partial charge in [0.1, 0.15) is 0 Å². The highest BCUT2D eigenvalue weighted by atomic mass is 35.5. The number of carbonyl (C=O) groups excluding carboxylic acids is 1. The van der Waals surface area contributed by atoms with Gasteiger partial charge in [-0.2, -0.15) is 0 Å². The topological polar surface area (TPSA) is 88.6 Å². The molecule has 2 aliphatic carbocycles. The molecule has 0 saturated carbocycles. The van der Waals surface area contributed by atoms with Crippen LogP contribution < -0.4 is 20.1 Å². The highest BCUT2D eigenvalue weighted by molar-refractivity contribution is 6.39. The van der Waals surface area contributed by atoms with E-state index < -0.39 is 0 Å². The number of pyridine rings is 2. The van der Waals surface area contributed by atoms with Crippen LogP contribution in [0.5, 0.6) is 11.8 Å². The Morgan fingerprint density at radius 1 is 0.816 bits per heavy atom. The van der Waals surface area contributed by atoms with E-state index in [0.717, 1.165) is 96.9 Å². The molecule has 2 aromatic carbocycles. The molecule has 8 nitrogen and oxygen atoms in total. The Labute approximate surface area is 297 Å². The number of nitrogens with one attached hydrogen (secondary N) is 2. The third kappa shape index (κ3) is 5.86. The van der Waals surface area contributed by atoms with E-state index in [1.807, 2.05) is 36.4 Å². The number of rotatable bonds is 9. The zero-order chi connectivity index (χ0) is 33.8. The van der Waals surface area contributed by atoms with Gasteiger partial charge in [-0.25, -0.2) is 9.97 Å². The highest BCUT2D eigenvalue weighted by Gasteiger charge is 2.37. The van der Waals surface area contributed by atoms with Crippen molar-refractivity contribution in [2.24, 2.45) is 5.92 Å². The van der Waals surface area contributed by atoms with Crippen LogP contribution in [0.15, 0.2) is 48.5 Å². The molecule has 0 bridgehead atoms. The Bertz CT molecular complexity index is 1940. The molecular formula is C39H41Cl2N5O3. The third-order valence-corrected chi connectivity index (χ3v) is 11.6. The first-order chi connectivity index (χ1) is 23.8. The van der Waals surface area contributed by atoms with Crippen LogP contribution in [0.25, 0.3) is 33.6 Å². The average molecular weight is 699 g/mol. The number of hydrogen-bond acceptors (Lipinski definition) is 7. The normalized spacial score (nSPS) is 21.7. The number of amides is 1. The van der Waals surface area contributed by atoms with Crippen molar-refractivity contribution < 1.29 is 14.3 Å². The largest absolute Gasteiger partial charge is 0.481 e. The van der Waals surface area contributed by atoms with E-state index in [-0.39, 0.29) is 18.0 Å². The summed E-state index contributed by atoms with van der Waals surface area (Å²) in [6.45, 7) is 5.27. The second kappa shape index (κ2) is 13.2. The van der Waals surface area contributed by atoms with Gasteiger partial charge in [0, 0.05) is 77.6 Å². The Balaban J connectivity index is 1.10.